The van der Waals surface area contributed by atoms with Crippen LogP contribution in [0.5, 0.6) is 0 Å². The summed E-state index contributed by atoms with van der Waals surface area (Å²) in [6.45, 7) is 1.73. The fraction of sp³-hybridized carbons (Fsp3) is 0.167. The Hall–Kier alpha value is -2.28. The SMILES string of the molecule is Cc1cnc(Cl)nc1N(C)c1cc([N+](=O)[O-])ccc1F. The molecule has 0 aliphatic carbocycles. The number of aryl methyl sites for hydroxylation is 1. The molecule has 0 fully saturated rings. The molecule has 0 radical (unpaired) electrons. The third kappa shape index (κ3) is 2.67. The molecule has 0 N–H and O–H groups in total. The van der Waals surface area contributed by atoms with Crippen molar-refractivity contribution >= 4 is 28.8 Å². The van der Waals surface area contributed by atoms with E-state index >= 15 is 0 Å². The third-order valence-corrected chi connectivity index (χ3v) is 2.92. The predicted molar refractivity (Wildman–Crippen MR) is 72.9 cm³/mol. The van der Waals surface area contributed by atoms with Crippen LogP contribution in [0.3, 0.4) is 0 Å². The van der Waals surface area contributed by atoms with Crippen LogP contribution in [0.2, 0.25) is 5.28 Å². The smallest absolute Gasteiger partial charge is 0.271 e. The summed E-state index contributed by atoms with van der Waals surface area (Å²) in [6, 6.07) is 3.29. The van der Waals surface area contributed by atoms with Gasteiger partial charge in [-0.1, -0.05) is 0 Å². The molecular formula is C12H10ClFN4O2. The van der Waals surface area contributed by atoms with E-state index in [2.05, 4.69) is 9.97 Å². The molecule has 6 nitrogen and oxygen atoms in total. The first-order chi connectivity index (χ1) is 9.40. The lowest BCUT2D eigenvalue weighted by atomic mass is 10.2. The van der Waals surface area contributed by atoms with Crippen LogP contribution < -0.4 is 4.90 Å². The molecule has 0 saturated heterocycles. The summed E-state index contributed by atoms with van der Waals surface area (Å²) in [5, 5.41) is 10.8. The largest absolute Gasteiger partial charge is 0.326 e. The van der Waals surface area contributed by atoms with Crippen LogP contribution in [-0.4, -0.2) is 21.9 Å². The van der Waals surface area contributed by atoms with E-state index in [0.717, 1.165) is 18.2 Å². The highest BCUT2D eigenvalue weighted by Crippen LogP contribution is 2.30. The second-order valence-corrected chi connectivity index (χ2v) is 4.44. The zero-order valence-corrected chi connectivity index (χ0v) is 11.4. The zero-order valence-electron chi connectivity index (χ0n) is 10.7. The van der Waals surface area contributed by atoms with Crippen molar-refractivity contribution in [2.24, 2.45) is 0 Å². The van der Waals surface area contributed by atoms with E-state index in [9.17, 15) is 14.5 Å². The van der Waals surface area contributed by atoms with Crippen molar-refractivity contribution in [1.82, 2.24) is 9.97 Å². The van der Waals surface area contributed by atoms with Gasteiger partial charge in [-0.25, -0.2) is 9.37 Å². The van der Waals surface area contributed by atoms with Gasteiger partial charge in [-0.2, -0.15) is 4.98 Å². The van der Waals surface area contributed by atoms with E-state index in [1.165, 1.54) is 11.1 Å². The molecule has 1 aromatic heterocycles. The maximum atomic E-state index is 13.9. The molecule has 0 spiro atoms. The topological polar surface area (TPSA) is 72.2 Å². The molecule has 1 aromatic carbocycles. The lowest BCUT2D eigenvalue weighted by molar-refractivity contribution is -0.384. The zero-order chi connectivity index (χ0) is 14.9. The molecule has 0 saturated carbocycles. The molecule has 8 heteroatoms. The molecule has 0 unspecified atom stereocenters. The van der Waals surface area contributed by atoms with Crippen LogP contribution in [0.25, 0.3) is 0 Å². The van der Waals surface area contributed by atoms with E-state index in [1.807, 2.05) is 0 Å². The summed E-state index contributed by atoms with van der Waals surface area (Å²) in [5.41, 5.74) is 0.505. The standard InChI is InChI=1S/C12H10ClFN4O2/c1-7-6-15-12(13)16-11(7)17(2)10-5-8(18(19)20)3-4-9(10)14/h3-6H,1-2H3. The highest BCUT2D eigenvalue weighted by Gasteiger charge is 2.17. The van der Waals surface area contributed by atoms with Crippen molar-refractivity contribution < 1.29 is 9.31 Å². The van der Waals surface area contributed by atoms with Crippen molar-refractivity contribution in [2.75, 3.05) is 11.9 Å². The Morgan fingerprint density at radius 2 is 2.15 bits per heavy atom. The molecule has 0 amide bonds. The predicted octanol–water partition coefficient (Wildman–Crippen LogP) is 3.25. The van der Waals surface area contributed by atoms with Gasteiger partial charge in [0.15, 0.2) is 0 Å². The van der Waals surface area contributed by atoms with Crippen LogP contribution in [0.15, 0.2) is 24.4 Å². The first kappa shape index (κ1) is 14.1. The summed E-state index contributed by atoms with van der Waals surface area (Å²) in [4.78, 5) is 19.4. The van der Waals surface area contributed by atoms with Crippen molar-refractivity contribution in [2.45, 2.75) is 6.92 Å². The van der Waals surface area contributed by atoms with Gasteiger partial charge in [0.1, 0.15) is 11.6 Å². The summed E-state index contributed by atoms with van der Waals surface area (Å²) in [7, 11) is 1.55. The summed E-state index contributed by atoms with van der Waals surface area (Å²) < 4.78 is 13.9. The van der Waals surface area contributed by atoms with E-state index in [1.54, 1.807) is 14.0 Å². The number of halogens is 2. The number of anilines is 2. The minimum absolute atomic E-state index is 0.0169. The molecule has 0 aliphatic heterocycles. The van der Waals surface area contributed by atoms with Crippen molar-refractivity contribution in [3.05, 3.63) is 51.2 Å². The molecule has 1 heterocycles. The Labute approximate surface area is 119 Å². The molecule has 2 rings (SSSR count). The number of non-ortho nitro benzene ring substituents is 1. The number of rotatable bonds is 3. The second kappa shape index (κ2) is 5.38. The van der Waals surface area contributed by atoms with Gasteiger partial charge in [0.05, 0.1) is 10.6 Å². The van der Waals surface area contributed by atoms with E-state index in [-0.39, 0.29) is 16.7 Å². The van der Waals surface area contributed by atoms with Gasteiger partial charge >= 0.3 is 0 Å². The molecular weight excluding hydrogens is 287 g/mol. The quantitative estimate of drug-likeness (QED) is 0.494. The average molecular weight is 297 g/mol. The van der Waals surface area contributed by atoms with Gasteiger partial charge in [-0.05, 0) is 24.6 Å². The van der Waals surface area contributed by atoms with Crippen molar-refractivity contribution in [3.8, 4) is 0 Å². The van der Waals surface area contributed by atoms with Gasteiger partial charge < -0.3 is 4.90 Å². The van der Waals surface area contributed by atoms with Gasteiger partial charge in [-0.15, -0.1) is 0 Å². The molecule has 2 aromatic rings. The lowest BCUT2D eigenvalue weighted by Gasteiger charge is -2.20. The second-order valence-electron chi connectivity index (χ2n) is 4.10. The molecule has 20 heavy (non-hydrogen) atoms. The van der Waals surface area contributed by atoms with Crippen LogP contribution in [0.4, 0.5) is 21.6 Å². The van der Waals surface area contributed by atoms with E-state index in [4.69, 9.17) is 11.6 Å². The fourth-order valence-corrected chi connectivity index (χ4v) is 1.87. The Morgan fingerprint density at radius 1 is 1.45 bits per heavy atom. The number of benzene rings is 1. The molecule has 0 bridgehead atoms. The summed E-state index contributed by atoms with van der Waals surface area (Å²) in [6.07, 6.45) is 1.50. The van der Waals surface area contributed by atoms with Crippen LogP contribution >= 0.6 is 11.6 Å². The van der Waals surface area contributed by atoms with Gasteiger partial charge in [0, 0.05) is 30.9 Å². The highest BCUT2D eigenvalue weighted by atomic mass is 35.5. The molecule has 0 atom stereocenters. The Bertz CT molecular complexity index is 681. The highest BCUT2D eigenvalue weighted by molar-refractivity contribution is 6.28. The Balaban J connectivity index is 2.52. The van der Waals surface area contributed by atoms with Crippen molar-refractivity contribution in [1.29, 1.82) is 0 Å². The van der Waals surface area contributed by atoms with E-state index < -0.39 is 10.7 Å². The summed E-state index contributed by atoms with van der Waals surface area (Å²) >= 11 is 5.72. The van der Waals surface area contributed by atoms with Gasteiger partial charge in [-0.3, -0.25) is 10.1 Å². The van der Waals surface area contributed by atoms with E-state index in [0.29, 0.717) is 11.4 Å². The number of nitrogens with zero attached hydrogens (tertiary/aromatic N) is 4. The van der Waals surface area contributed by atoms with Gasteiger partial charge in [0.2, 0.25) is 5.28 Å². The third-order valence-electron chi connectivity index (χ3n) is 2.74. The molecule has 104 valence electrons. The van der Waals surface area contributed by atoms with Crippen LogP contribution in [0, 0.1) is 22.9 Å². The minimum atomic E-state index is -0.591. The number of aromatic nitrogens is 2. The monoisotopic (exact) mass is 296 g/mol. The van der Waals surface area contributed by atoms with Crippen LogP contribution in [-0.2, 0) is 0 Å². The maximum absolute atomic E-state index is 13.9. The fourth-order valence-electron chi connectivity index (χ4n) is 1.74. The average Bonchev–Trinajstić information content (AvgIpc) is 2.41. The number of nitro benzene ring substituents is 1. The maximum Gasteiger partial charge on any atom is 0.271 e. The molecule has 0 aliphatic rings. The minimum Gasteiger partial charge on any atom is -0.326 e. The lowest BCUT2D eigenvalue weighted by Crippen LogP contribution is -2.15. The van der Waals surface area contributed by atoms with Crippen molar-refractivity contribution in [3.63, 3.8) is 0 Å². The number of hydrogen-bond donors (Lipinski definition) is 0. The van der Waals surface area contributed by atoms with Crippen LogP contribution in [0.1, 0.15) is 5.56 Å². The first-order valence-electron chi connectivity index (χ1n) is 5.57. The number of hydrogen-bond acceptors (Lipinski definition) is 5. The number of nitro groups is 1. The van der Waals surface area contributed by atoms with Gasteiger partial charge in [0.25, 0.3) is 5.69 Å². The Kier molecular flexibility index (Phi) is 3.80. The summed E-state index contributed by atoms with van der Waals surface area (Å²) in [5.74, 6) is -0.211. The normalized spacial score (nSPS) is 10.4. The first-order valence-corrected chi connectivity index (χ1v) is 5.94. The Morgan fingerprint density at radius 3 is 2.80 bits per heavy atom.